The zero-order valence-corrected chi connectivity index (χ0v) is 17.0. The van der Waals surface area contributed by atoms with E-state index in [4.69, 9.17) is 11.5 Å². The molecule has 3 aliphatic rings. The smallest absolute Gasteiger partial charge is 0.398 e. The molecule has 2 saturated carbocycles. The second-order valence-electron chi connectivity index (χ2n) is 8.63. The molecule has 0 spiro atoms. The quantitative estimate of drug-likeness (QED) is 0.518. The molecule has 0 bridgehead atoms. The van der Waals surface area contributed by atoms with Crippen LogP contribution in [0.25, 0.3) is 5.70 Å². The van der Waals surface area contributed by atoms with Gasteiger partial charge in [0.25, 0.3) is 6.43 Å². The predicted octanol–water partition coefficient (Wildman–Crippen LogP) is 3.81. The Labute approximate surface area is 177 Å². The average molecular weight is 443 g/mol. The summed E-state index contributed by atoms with van der Waals surface area (Å²) in [6.45, 7) is 1.57. The first-order valence-corrected chi connectivity index (χ1v) is 10.5. The molecule has 4 N–H and O–H groups in total. The van der Waals surface area contributed by atoms with E-state index in [0.717, 1.165) is 38.2 Å². The number of hydrogen-bond acceptors (Lipinski definition) is 5. The molecule has 0 aromatic carbocycles. The highest BCUT2D eigenvalue weighted by molar-refractivity contribution is 6.04. The lowest BCUT2D eigenvalue weighted by molar-refractivity contribution is -0.137. The number of allylic oxidation sites excluding steroid dienone is 1. The summed E-state index contributed by atoms with van der Waals surface area (Å²) >= 11 is 0. The van der Waals surface area contributed by atoms with Crippen LogP contribution in [-0.2, 0) is 6.18 Å². The van der Waals surface area contributed by atoms with Crippen molar-refractivity contribution in [2.45, 2.75) is 44.3 Å². The number of likely N-dealkylation sites (tertiary alicyclic amines) is 1. The van der Waals surface area contributed by atoms with Gasteiger partial charge in [-0.15, -0.1) is 0 Å². The largest absolute Gasteiger partial charge is 0.419 e. The molecule has 1 aromatic rings. The second kappa shape index (κ2) is 8.37. The summed E-state index contributed by atoms with van der Waals surface area (Å²) in [5.74, 6) is 0.114. The molecule has 10 heteroatoms. The fourth-order valence-corrected chi connectivity index (χ4v) is 5.18. The van der Waals surface area contributed by atoms with Gasteiger partial charge in [0.15, 0.2) is 0 Å². The number of nitrogen functional groups attached to an aromatic ring is 1. The molecule has 1 saturated heterocycles. The number of alkyl halides is 5. The van der Waals surface area contributed by atoms with Crippen LogP contribution in [0.15, 0.2) is 23.3 Å². The molecule has 0 radical (unpaired) electrons. The second-order valence-corrected chi connectivity index (χ2v) is 8.63. The van der Waals surface area contributed by atoms with E-state index in [1.54, 1.807) is 0 Å². The highest BCUT2D eigenvalue weighted by Gasteiger charge is 2.58. The van der Waals surface area contributed by atoms with Crippen LogP contribution in [-0.4, -0.2) is 47.7 Å². The molecule has 2 aliphatic carbocycles. The van der Waals surface area contributed by atoms with E-state index in [-0.39, 0.29) is 17.2 Å². The molecule has 2 heterocycles. The van der Waals surface area contributed by atoms with E-state index in [2.05, 4.69) is 14.9 Å². The summed E-state index contributed by atoms with van der Waals surface area (Å²) in [5.41, 5.74) is 10.8. The number of nitrogens with zero attached hydrogens (tertiary/aromatic N) is 3. The van der Waals surface area contributed by atoms with Crippen molar-refractivity contribution in [2.24, 2.45) is 28.5 Å². The third-order valence-corrected chi connectivity index (χ3v) is 6.69. The number of aromatic nitrogens is 1. The van der Waals surface area contributed by atoms with Crippen molar-refractivity contribution < 1.29 is 22.0 Å². The first kappa shape index (κ1) is 22.0. The van der Waals surface area contributed by atoms with Crippen molar-refractivity contribution in [3.8, 4) is 0 Å². The van der Waals surface area contributed by atoms with E-state index >= 15 is 0 Å². The zero-order chi connectivity index (χ0) is 22.3. The maximum Gasteiger partial charge on any atom is 0.419 e. The van der Waals surface area contributed by atoms with Gasteiger partial charge < -0.3 is 16.4 Å². The molecule has 1 aromatic heterocycles. The molecular weight excluding hydrogens is 417 g/mol. The SMILES string of the molecule is NC(=CC(=NCC(F)F)C1C2CC(N3CCCC3)CC21)c1cnc(N)c(C(F)(F)F)c1. The van der Waals surface area contributed by atoms with Crippen LogP contribution in [0.5, 0.6) is 0 Å². The van der Waals surface area contributed by atoms with Crippen molar-refractivity contribution >= 4 is 17.2 Å². The maximum absolute atomic E-state index is 13.1. The molecule has 1 aliphatic heterocycles. The molecule has 5 nitrogen and oxygen atoms in total. The Morgan fingerprint density at radius 2 is 1.87 bits per heavy atom. The highest BCUT2D eigenvalue weighted by Crippen LogP contribution is 2.59. The summed E-state index contributed by atoms with van der Waals surface area (Å²) in [6, 6.07) is 1.36. The molecular formula is C21H26F5N5. The van der Waals surface area contributed by atoms with Crippen LogP contribution in [0.4, 0.5) is 27.8 Å². The Balaban J connectivity index is 1.53. The van der Waals surface area contributed by atoms with E-state index < -0.39 is 30.5 Å². The molecule has 170 valence electrons. The fourth-order valence-electron chi connectivity index (χ4n) is 5.18. The monoisotopic (exact) mass is 443 g/mol. The van der Waals surface area contributed by atoms with Gasteiger partial charge >= 0.3 is 6.18 Å². The molecule has 0 amide bonds. The van der Waals surface area contributed by atoms with Crippen molar-refractivity contribution in [3.63, 3.8) is 0 Å². The normalized spacial score (nSPS) is 29.6. The minimum absolute atomic E-state index is 0.00656. The Bertz CT molecular complexity index is 863. The topological polar surface area (TPSA) is 80.5 Å². The van der Waals surface area contributed by atoms with E-state index in [0.29, 0.717) is 23.6 Å². The molecule has 31 heavy (non-hydrogen) atoms. The predicted molar refractivity (Wildman–Crippen MR) is 108 cm³/mol. The molecule has 2 unspecified atom stereocenters. The number of aliphatic imine (C=N–C) groups is 1. The number of rotatable bonds is 6. The summed E-state index contributed by atoms with van der Waals surface area (Å²) in [7, 11) is 0. The van der Waals surface area contributed by atoms with Gasteiger partial charge in [-0.05, 0) is 62.8 Å². The van der Waals surface area contributed by atoms with Crippen LogP contribution in [0.2, 0.25) is 0 Å². The summed E-state index contributed by atoms with van der Waals surface area (Å²) < 4.78 is 65.0. The fraction of sp³-hybridized carbons (Fsp3) is 0.619. The van der Waals surface area contributed by atoms with Crippen LogP contribution < -0.4 is 11.5 Å². The van der Waals surface area contributed by atoms with E-state index in [1.807, 2.05) is 0 Å². The Morgan fingerprint density at radius 1 is 1.23 bits per heavy atom. The highest BCUT2D eigenvalue weighted by atomic mass is 19.4. The van der Waals surface area contributed by atoms with Gasteiger partial charge in [-0.25, -0.2) is 13.8 Å². The Morgan fingerprint density at radius 3 is 2.45 bits per heavy atom. The van der Waals surface area contributed by atoms with Crippen LogP contribution >= 0.6 is 0 Å². The lowest BCUT2D eigenvalue weighted by Gasteiger charge is -2.25. The lowest BCUT2D eigenvalue weighted by Crippen LogP contribution is -2.32. The van der Waals surface area contributed by atoms with Gasteiger partial charge in [-0.1, -0.05) is 0 Å². The van der Waals surface area contributed by atoms with Gasteiger partial charge in [0.2, 0.25) is 0 Å². The van der Waals surface area contributed by atoms with E-state index in [1.165, 1.54) is 18.9 Å². The number of nitrogens with two attached hydrogens (primary N) is 2. The number of halogens is 5. The lowest BCUT2D eigenvalue weighted by atomic mass is 10.0. The van der Waals surface area contributed by atoms with Crippen molar-refractivity contribution in [1.29, 1.82) is 0 Å². The first-order chi connectivity index (χ1) is 14.6. The number of fused-ring (bicyclic) bond motifs is 1. The van der Waals surface area contributed by atoms with Gasteiger partial charge in [0.05, 0.1) is 5.56 Å². The summed E-state index contributed by atoms with van der Waals surface area (Å²) in [5, 5.41) is 0. The number of hydrogen-bond donors (Lipinski definition) is 2. The van der Waals surface area contributed by atoms with Crippen molar-refractivity contribution in [2.75, 3.05) is 25.4 Å². The summed E-state index contributed by atoms with van der Waals surface area (Å²) in [4.78, 5) is 10.2. The third-order valence-electron chi connectivity index (χ3n) is 6.69. The van der Waals surface area contributed by atoms with E-state index in [9.17, 15) is 22.0 Å². The third kappa shape index (κ3) is 4.68. The number of anilines is 1. The molecule has 2 atom stereocenters. The van der Waals surface area contributed by atoms with Crippen LogP contribution in [0, 0.1) is 17.8 Å². The average Bonchev–Trinajstić information content (AvgIpc) is 3.09. The minimum Gasteiger partial charge on any atom is -0.398 e. The van der Waals surface area contributed by atoms with Crippen molar-refractivity contribution in [3.05, 3.63) is 29.5 Å². The van der Waals surface area contributed by atoms with Gasteiger partial charge in [-0.3, -0.25) is 4.99 Å². The molecule has 4 rings (SSSR count). The maximum atomic E-state index is 13.1. The van der Waals surface area contributed by atoms with Crippen molar-refractivity contribution in [1.82, 2.24) is 9.88 Å². The van der Waals surface area contributed by atoms with Gasteiger partial charge in [0.1, 0.15) is 12.4 Å². The van der Waals surface area contributed by atoms with Crippen LogP contribution in [0.3, 0.4) is 0 Å². The minimum atomic E-state index is -4.67. The zero-order valence-electron chi connectivity index (χ0n) is 17.0. The number of pyridine rings is 1. The summed E-state index contributed by atoms with van der Waals surface area (Å²) in [6.07, 6.45) is -0.261. The standard InChI is InChI=1S/C21H26F5N5/c22-18(23)10-29-17(19-13-6-12(7-14(13)19)31-3-1-2-4-31)8-16(27)11-5-15(21(24,25)26)20(28)30-9-11/h5,8-9,12-14,18-19H,1-4,6-7,10,27H2,(H2,28,30). The Kier molecular flexibility index (Phi) is 5.93. The Hall–Kier alpha value is -2.23. The molecule has 3 fully saturated rings. The van der Waals surface area contributed by atoms with Gasteiger partial charge in [0, 0.05) is 35.1 Å². The van der Waals surface area contributed by atoms with Gasteiger partial charge in [-0.2, -0.15) is 13.2 Å². The van der Waals surface area contributed by atoms with Crippen LogP contribution in [0.1, 0.15) is 36.8 Å². The first-order valence-electron chi connectivity index (χ1n) is 10.5.